The van der Waals surface area contributed by atoms with Crippen LogP contribution in [0, 0.1) is 0 Å². The summed E-state index contributed by atoms with van der Waals surface area (Å²) in [5.74, 6) is 1.91. The second kappa shape index (κ2) is 5.00. The van der Waals surface area contributed by atoms with Gasteiger partial charge in [0.2, 0.25) is 0 Å². The lowest BCUT2D eigenvalue weighted by atomic mass is 10.0. The van der Waals surface area contributed by atoms with Crippen LogP contribution >= 0.6 is 11.8 Å². The third-order valence-electron chi connectivity index (χ3n) is 2.97. The molecule has 0 aromatic heterocycles. The van der Waals surface area contributed by atoms with Crippen LogP contribution in [0.5, 0.6) is 5.75 Å². The molecule has 4 heteroatoms. The van der Waals surface area contributed by atoms with Crippen molar-refractivity contribution in [2.75, 3.05) is 18.2 Å². The molecule has 0 aliphatic carbocycles. The first-order valence-corrected chi connectivity index (χ1v) is 6.77. The molecule has 0 spiro atoms. The van der Waals surface area contributed by atoms with Crippen molar-refractivity contribution in [1.29, 1.82) is 0 Å². The SMILES string of the molecule is CCC1(C)CSC(Nc2cccc(OC)c2)=N1. The first-order valence-electron chi connectivity index (χ1n) is 5.79. The summed E-state index contributed by atoms with van der Waals surface area (Å²) in [5.41, 5.74) is 1.11. The van der Waals surface area contributed by atoms with Gasteiger partial charge in [0.1, 0.15) is 5.75 Å². The Morgan fingerprint density at radius 1 is 1.53 bits per heavy atom. The molecule has 0 bridgehead atoms. The van der Waals surface area contributed by atoms with E-state index < -0.39 is 0 Å². The number of rotatable bonds is 3. The summed E-state index contributed by atoms with van der Waals surface area (Å²) in [7, 11) is 1.68. The molecular weight excluding hydrogens is 232 g/mol. The van der Waals surface area contributed by atoms with E-state index in [9.17, 15) is 0 Å². The molecule has 1 aliphatic rings. The highest BCUT2D eigenvalue weighted by atomic mass is 32.2. The zero-order chi connectivity index (χ0) is 12.3. The maximum atomic E-state index is 5.19. The van der Waals surface area contributed by atoms with Crippen LogP contribution in [-0.2, 0) is 0 Å². The maximum Gasteiger partial charge on any atom is 0.161 e. The predicted octanol–water partition coefficient (Wildman–Crippen LogP) is 3.38. The predicted molar refractivity (Wildman–Crippen MR) is 75.2 cm³/mol. The van der Waals surface area contributed by atoms with Crippen LogP contribution in [0.3, 0.4) is 0 Å². The molecule has 3 nitrogen and oxygen atoms in total. The Labute approximate surface area is 107 Å². The van der Waals surface area contributed by atoms with E-state index in [2.05, 4.69) is 19.2 Å². The number of hydrogen-bond acceptors (Lipinski definition) is 4. The van der Waals surface area contributed by atoms with Crippen molar-refractivity contribution in [2.45, 2.75) is 25.8 Å². The highest BCUT2D eigenvalue weighted by Crippen LogP contribution is 2.31. The average molecular weight is 250 g/mol. The van der Waals surface area contributed by atoms with E-state index in [1.165, 1.54) is 0 Å². The van der Waals surface area contributed by atoms with Gasteiger partial charge in [0, 0.05) is 17.5 Å². The number of thioether (sulfide) groups is 1. The maximum absolute atomic E-state index is 5.19. The highest BCUT2D eigenvalue weighted by molar-refractivity contribution is 8.14. The van der Waals surface area contributed by atoms with Crippen LogP contribution in [0.1, 0.15) is 20.3 Å². The minimum atomic E-state index is 0.0892. The molecule has 0 fully saturated rings. The van der Waals surface area contributed by atoms with Crippen molar-refractivity contribution >= 4 is 22.6 Å². The number of hydrogen-bond donors (Lipinski definition) is 1. The topological polar surface area (TPSA) is 33.6 Å². The summed E-state index contributed by atoms with van der Waals surface area (Å²) in [5, 5.41) is 4.34. The van der Waals surface area contributed by atoms with Gasteiger partial charge in [-0.2, -0.15) is 0 Å². The van der Waals surface area contributed by atoms with Crippen LogP contribution in [0.25, 0.3) is 0 Å². The van der Waals surface area contributed by atoms with Crippen molar-refractivity contribution < 1.29 is 4.74 Å². The van der Waals surface area contributed by atoms with Crippen molar-refractivity contribution in [1.82, 2.24) is 0 Å². The zero-order valence-electron chi connectivity index (χ0n) is 10.5. The number of anilines is 1. The molecule has 1 aromatic carbocycles. The van der Waals surface area contributed by atoms with E-state index in [1.807, 2.05) is 24.3 Å². The van der Waals surface area contributed by atoms with Crippen molar-refractivity contribution in [3.05, 3.63) is 24.3 Å². The van der Waals surface area contributed by atoms with Crippen LogP contribution in [0.2, 0.25) is 0 Å². The molecule has 0 saturated carbocycles. The van der Waals surface area contributed by atoms with Gasteiger partial charge in [-0.15, -0.1) is 0 Å². The molecule has 1 aromatic rings. The van der Waals surface area contributed by atoms with Gasteiger partial charge in [-0.1, -0.05) is 24.8 Å². The Morgan fingerprint density at radius 2 is 2.35 bits per heavy atom. The number of benzene rings is 1. The molecule has 1 heterocycles. The average Bonchev–Trinajstić information content (AvgIpc) is 2.72. The summed E-state index contributed by atoms with van der Waals surface area (Å²) in [6.07, 6.45) is 1.07. The van der Waals surface area contributed by atoms with E-state index in [4.69, 9.17) is 9.73 Å². The monoisotopic (exact) mass is 250 g/mol. The van der Waals surface area contributed by atoms with E-state index in [0.29, 0.717) is 0 Å². The fourth-order valence-corrected chi connectivity index (χ4v) is 2.79. The minimum absolute atomic E-state index is 0.0892. The summed E-state index contributed by atoms with van der Waals surface area (Å²) >= 11 is 1.78. The second-order valence-corrected chi connectivity index (χ2v) is 5.38. The Bertz CT molecular complexity index is 433. The largest absolute Gasteiger partial charge is 0.497 e. The van der Waals surface area contributed by atoms with Crippen molar-refractivity contribution in [3.8, 4) is 5.75 Å². The van der Waals surface area contributed by atoms with Gasteiger partial charge >= 0.3 is 0 Å². The van der Waals surface area contributed by atoms with Gasteiger partial charge in [0.15, 0.2) is 5.17 Å². The Hall–Kier alpha value is -1.16. The number of nitrogens with one attached hydrogen (secondary N) is 1. The van der Waals surface area contributed by atoms with Gasteiger partial charge < -0.3 is 10.1 Å². The molecule has 0 radical (unpaired) electrons. The third kappa shape index (κ3) is 2.94. The molecule has 92 valence electrons. The van der Waals surface area contributed by atoms with E-state index in [0.717, 1.165) is 28.8 Å². The molecule has 0 saturated heterocycles. The summed E-state index contributed by atoms with van der Waals surface area (Å²) in [4.78, 5) is 4.72. The number of ether oxygens (including phenoxy) is 1. The zero-order valence-corrected chi connectivity index (χ0v) is 11.3. The van der Waals surface area contributed by atoms with Gasteiger partial charge in [-0.05, 0) is 25.5 Å². The molecule has 1 aliphatic heterocycles. The van der Waals surface area contributed by atoms with Crippen LogP contribution < -0.4 is 10.1 Å². The molecule has 2 rings (SSSR count). The van der Waals surface area contributed by atoms with Crippen molar-refractivity contribution in [3.63, 3.8) is 0 Å². The Morgan fingerprint density at radius 3 is 3.00 bits per heavy atom. The molecule has 1 atom stereocenters. The van der Waals surface area contributed by atoms with Gasteiger partial charge in [-0.25, -0.2) is 0 Å². The second-order valence-electron chi connectivity index (χ2n) is 4.41. The standard InChI is InChI=1S/C13H18N2OS/c1-4-13(2)9-17-12(15-13)14-10-6-5-7-11(8-10)16-3/h5-8H,4,9H2,1-3H3,(H,14,15). The number of methoxy groups -OCH3 is 1. The molecule has 1 unspecified atom stereocenters. The normalized spacial score (nSPS) is 23.4. The van der Waals surface area contributed by atoms with Crippen molar-refractivity contribution in [2.24, 2.45) is 4.99 Å². The lowest BCUT2D eigenvalue weighted by molar-refractivity contribution is 0.415. The summed E-state index contributed by atoms with van der Waals surface area (Å²) in [6.45, 7) is 4.37. The van der Waals surface area contributed by atoms with E-state index in [1.54, 1.807) is 18.9 Å². The number of aliphatic imine (C=N–C) groups is 1. The van der Waals surface area contributed by atoms with Crippen LogP contribution in [0.15, 0.2) is 29.3 Å². The smallest absolute Gasteiger partial charge is 0.161 e. The lowest BCUT2D eigenvalue weighted by Crippen LogP contribution is -2.20. The third-order valence-corrected chi connectivity index (χ3v) is 4.21. The van der Waals surface area contributed by atoms with Crippen LogP contribution in [-0.4, -0.2) is 23.6 Å². The van der Waals surface area contributed by atoms with E-state index >= 15 is 0 Å². The summed E-state index contributed by atoms with van der Waals surface area (Å²) in [6, 6.07) is 7.91. The van der Waals surface area contributed by atoms with Gasteiger partial charge in [0.05, 0.1) is 12.6 Å². The first kappa shape index (κ1) is 12.3. The first-order chi connectivity index (χ1) is 8.15. The minimum Gasteiger partial charge on any atom is -0.497 e. The Balaban J connectivity index is 2.09. The fraction of sp³-hybridized carbons (Fsp3) is 0.462. The summed E-state index contributed by atoms with van der Waals surface area (Å²) < 4.78 is 5.19. The molecule has 0 amide bonds. The van der Waals surface area contributed by atoms with Gasteiger partial charge in [-0.3, -0.25) is 4.99 Å². The highest BCUT2D eigenvalue weighted by Gasteiger charge is 2.28. The molecule has 1 N–H and O–H groups in total. The van der Waals surface area contributed by atoms with Crippen LogP contribution in [0.4, 0.5) is 5.69 Å². The molecular formula is C13H18N2OS. The number of amidine groups is 1. The quantitative estimate of drug-likeness (QED) is 0.893. The number of nitrogens with zero attached hydrogens (tertiary/aromatic N) is 1. The fourth-order valence-electron chi connectivity index (χ4n) is 1.60. The Kier molecular flexibility index (Phi) is 3.62. The molecule has 17 heavy (non-hydrogen) atoms. The lowest BCUT2D eigenvalue weighted by Gasteiger charge is -2.15. The van der Waals surface area contributed by atoms with E-state index in [-0.39, 0.29) is 5.54 Å². The van der Waals surface area contributed by atoms with Gasteiger partial charge in [0.25, 0.3) is 0 Å².